The molecule has 0 atom stereocenters. The average molecular weight is 350 g/mol. The molecule has 2 aromatic heterocycles. The SMILES string of the molecule is COCc1nsc(N2CCN(CCn3nc(C)ccc3=O)CC2)n1. The number of methoxy groups -OCH3 is 1. The monoisotopic (exact) mass is 350 g/mol. The van der Waals surface area contributed by atoms with E-state index in [1.807, 2.05) is 6.92 Å². The predicted octanol–water partition coefficient (Wildman–Crippen LogP) is 0.372. The van der Waals surface area contributed by atoms with Crippen LogP contribution in [0, 0.1) is 6.92 Å². The highest BCUT2D eigenvalue weighted by Crippen LogP contribution is 2.19. The van der Waals surface area contributed by atoms with Crippen LogP contribution in [0.4, 0.5) is 5.13 Å². The summed E-state index contributed by atoms with van der Waals surface area (Å²) in [6, 6.07) is 3.32. The van der Waals surface area contributed by atoms with Crippen molar-refractivity contribution < 1.29 is 4.74 Å². The lowest BCUT2D eigenvalue weighted by Crippen LogP contribution is -2.47. The minimum Gasteiger partial charge on any atom is -0.377 e. The molecule has 0 aliphatic carbocycles. The molecule has 1 aliphatic heterocycles. The van der Waals surface area contributed by atoms with E-state index in [9.17, 15) is 4.79 Å². The Morgan fingerprint density at radius 3 is 2.75 bits per heavy atom. The molecule has 0 unspecified atom stereocenters. The topological polar surface area (TPSA) is 76.4 Å². The number of piperazine rings is 1. The molecule has 0 spiro atoms. The standard InChI is InChI=1S/C15H22N6O2S/c1-12-3-4-14(22)21(17-12)10-7-19-5-8-20(9-6-19)15-16-13(11-23-2)18-24-15/h3-4H,5-11H2,1-2H3. The molecule has 3 rings (SSSR count). The molecule has 8 nitrogen and oxygen atoms in total. The first-order valence-electron chi connectivity index (χ1n) is 7.99. The van der Waals surface area contributed by atoms with Crippen LogP contribution in [0.15, 0.2) is 16.9 Å². The number of anilines is 1. The first-order chi connectivity index (χ1) is 11.7. The van der Waals surface area contributed by atoms with Crippen LogP contribution >= 0.6 is 11.5 Å². The van der Waals surface area contributed by atoms with Crippen molar-refractivity contribution in [2.24, 2.45) is 0 Å². The first kappa shape index (κ1) is 17.0. The molecule has 0 saturated carbocycles. The molecule has 0 amide bonds. The third kappa shape index (κ3) is 4.16. The lowest BCUT2D eigenvalue weighted by atomic mass is 10.3. The van der Waals surface area contributed by atoms with Gasteiger partial charge >= 0.3 is 0 Å². The molecule has 130 valence electrons. The Bertz CT molecular complexity index is 723. The summed E-state index contributed by atoms with van der Waals surface area (Å²) < 4.78 is 10.9. The van der Waals surface area contributed by atoms with Gasteiger partial charge in [-0.3, -0.25) is 9.69 Å². The Hall–Kier alpha value is -1.84. The number of aromatic nitrogens is 4. The van der Waals surface area contributed by atoms with Crippen molar-refractivity contribution in [3.05, 3.63) is 34.0 Å². The lowest BCUT2D eigenvalue weighted by molar-refractivity contribution is 0.179. The third-order valence-electron chi connectivity index (χ3n) is 4.00. The quantitative estimate of drug-likeness (QED) is 0.745. The van der Waals surface area contributed by atoms with Crippen LogP contribution in [0.3, 0.4) is 0 Å². The fourth-order valence-electron chi connectivity index (χ4n) is 2.67. The van der Waals surface area contributed by atoms with Crippen molar-refractivity contribution >= 4 is 16.7 Å². The minimum atomic E-state index is -0.0428. The van der Waals surface area contributed by atoms with Gasteiger partial charge in [0.05, 0.1) is 12.2 Å². The smallest absolute Gasteiger partial charge is 0.266 e. The lowest BCUT2D eigenvalue weighted by Gasteiger charge is -2.34. The molecule has 24 heavy (non-hydrogen) atoms. The molecule has 9 heteroatoms. The van der Waals surface area contributed by atoms with Crippen molar-refractivity contribution in [1.29, 1.82) is 0 Å². The number of aryl methyl sites for hydroxylation is 1. The van der Waals surface area contributed by atoms with Gasteiger partial charge in [0.2, 0.25) is 5.13 Å². The summed E-state index contributed by atoms with van der Waals surface area (Å²) in [6.07, 6.45) is 0. The molecular weight excluding hydrogens is 328 g/mol. The molecule has 0 N–H and O–H groups in total. The van der Waals surface area contributed by atoms with Crippen molar-refractivity contribution in [3.63, 3.8) is 0 Å². The van der Waals surface area contributed by atoms with E-state index < -0.39 is 0 Å². The summed E-state index contributed by atoms with van der Waals surface area (Å²) in [5.74, 6) is 0.741. The van der Waals surface area contributed by atoms with Gasteiger partial charge < -0.3 is 9.64 Å². The number of hydrogen-bond donors (Lipinski definition) is 0. The molecule has 1 aliphatic rings. The Balaban J connectivity index is 1.49. The highest BCUT2D eigenvalue weighted by atomic mass is 32.1. The maximum Gasteiger partial charge on any atom is 0.266 e. The van der Waals surface area contributed by atoms with E-state index >= 15 is 0 Å². The zero-order valence-electron chi connectivity index (χ0n) is 14.0. The predicted molar refractivity (Wildman–Crippen MR) is 92.5 cm³/mol. The van der Waals surface area contributed by atoms with E-state index in [2.05, 4.69) is 24.3 Å². The van der Waals surface area contributed by atoms with E-state index in [-0.39, 0.29) is 5.56 Å². The second-order valence-corrected chi connectivity index (χ2v) is 6.52. The van der Waals surface area contributed by atoms with Crippen LogP contribution in [-0.4, -0.2) is 63.9 Å². The van der Waals surface area contributed by atoms with Gasteiger partial charge in [-0.05, 0) is 13.0 Å². The van der Waals surface area contributed by atoms with Crippen LogP contribution in [0.2, 0.25) is 0 Å². The van der Waals surface area contributed by atoms with Crippen molar-refractivity contribution in [2.75, 3.05) is 44.7 Å². The maximum atomic E-state index is 11.8. The van der Waals surface area contributed by atoms with Gasteiger partial charge in [0.1, 0.15) is 6.61 Å². The number of rotatable bonds is 6. The van der Waals surface area contributed by atoms with Crippen LogP contribution in [-0.2, 0) is 17.9 Å². The second kappa shape index (κ2) is 7.82. The van der Waals surface area contributed by atoms with E-state index in [0.29, 0.717) is 13.2 Å². The molecule has 0 aromatic carbocycles. The maximum absolute atomic E-state index is 11.8. The number of hydrogen-bond acceptors (Lipinski definition) is 8. The van der Waals surface area contributed by atoms with E-state index in [4.69, 9.17) is 4.74 Å². The summed E-state index contributed by atoms with van der Waals surface area (Å²) in [5.41, 5.74) is 0.821. The summed E-state index contributed by atoms with van der Waals surface area (Å²) >= 11 is 1.42. The minimum absolute atomic E-state index is 0.0428. The zero-order chi connectivity index (χ0) is 16.9. The van der Waals surface area contributed by atoms with Crippen LogP contribution in [0.25, 0.3) is 0 Å². The van der Waals surface area contributed by atoms with Gasteiger partial charge in [0.25, 0.3) is 5.56 Å². The summed E-state index contributed by atoms with van der Waals surface area (Å²) in [7, 11) is 1.65. The Morgan fingerprint density at radius 1 is 1.21 bits per heavy atom. The third-order valence-corrected chi connectivity index (χ3v) is 4.82. The summed E-state index contributed by atoms with van der Waals surface area (Å²) in [4.78, 5) is 20.9. The van der Waals surface area contributed by atoms with Crippen molar-refractivity contribution in [3.8, 4) is 0 Å². The fourth-order valence-corrected chi connectivity index (χ4v) is 3.40. The Kier molecular flexibility index (Phi) is 5.54. The van der Waals surface area contributed by atoms with Crippen molar-refractivity contribution in [2.45, 2.75) is 20.1 Å². The molecule has 0 bridgehead atoms. The van der Waals surface area contributed by atoms with Gasteiger partial charge in [0.15, 0.2) is 5.82 Å². The van der Waals surface area contributed by atoms with E-state index in [1.165, 1.54) is 11.5 Å². The molecule has 0 radical (unpaired) electrons. The van der Waals surface area contributed by atoms with Crippen molar-refractivity contribution in [1.82, 2.24) is 24.0 Å². The summed E-state index contributed by atoms with van der Waals surface area (Å²) in [6.45, 7) is 7.52. The van der Waals surface area contributed by atoms with Gasteiger partial charge in [0, 0.05) is 57.4 Å². The molecule has 1 fully saturated rings. The molecule has 1 saturated heterocycles. The second-order valence-electron chi connectivity index (χ2n) is 5.79. The Labute approximate surface area is 144 Å². The van der Waals surface area contributed by atoms with Crippen LogP contribution in [0.5, 0.6) is 0 Å². The van der Waals surface area contributed by atoms with Gasteiger partial charge in [-0.2, -0.15) is 9.47 Å². The fraction of sp³-hybridized carbons (Fsp3) is 0.600. The Morgan fingerprint density at radius 2 is 2.00 bits per heavy atom. The molecular formula is C15H22N6O2S. The molecule has 2 aromatic rings. The normalized spacial score (nSPS) is 15.8. The molecule has 3 heterocycles. The van der Waals surface area contributed by atoms with Crippen LogP contribution in [0.1, 0.15) is 11.5 Å². The van der Waals surface area contributed by atoms with Gasteiger partial charge in [-0.15, -0.1) is 0 Å². The van der Waals surface area contributed by atoms with Gasteiger partial charge in [-0.1, -0.05) is 0 Å². The largest absolute Gasteiger partial charge is 0.377 e. The number of ether oxygens (including phenoxy) is 1. The van der Waals surface area contributed by atoms with Crippen LogP contribution < -0.4 is 10.5 Å². The van der Waals surface area contributed by atoms with E-state index in [0.717, 1.165) is 49.4 Å². The van der Waals surface area contributed by atoms with Gasteiger partial charge in [-0.25, -0.2) is 9.67 Å². The first-order valence-corrected chi connectivity index (χ1v) is 8.76. The van der Waals surface area contributed by atoms with E-state index in [1.54, 1.807) is 23.9 Å². The highest BCUT2D eigenvalue weighted by molar-refractivity contribution is 7.09. The summed E-state index contributed by atoms with van der Waals surface area (Å²) in [5, 5.41) is 5.24. The highest BCUT2D eigenvalue weighted by Gasteiger charge is 2.20. The number of nitrogens with zero attached hydrogens (tertiary/aromatic N) is 6. The zero-order valence-corrected chi connectivity index (χ0v) is 14.8. The average Bonchev–Trinajstić information content (AvgIpc) is 3.05.